The number of hydrogen-bond donors (Lipinski definition) is 0. The Morgan fingerprint density at radius 3 is 1.21 bits per heavy atom. The first kappa shape index (κ1) is 39.2. The zero-order chi connectivity index (χ0) is 45.0. The van der Waals surface area contributed by atoms with Crippen LogP contribution in [-0.4, -0.2) is 24.1 Å². The van der Waals surface area contributed by atoms with E-state index in [9.17, 15) is 0 Å². The van der Waals surface area contributed by atoms with Gasteiger partial charge in [-0.05, 0) is 87.0 Å². The van der Waals surface area contributed by atoms with E-state index in [-0.39, 0.29) is 0 Å². The Labute approximate surface area is 393 Å². The van der Waals surface area contributed by atoms with Crippen LogP contribution in [0.2, 0.25) is 0 Å². The van der Waals surface area contributed by atoms with Gasteiger partial charge in [0.15, 0.2) is 11.6 Å². The predicted molar refractivity (Wildman–Crippen MR) is 281 cm³/mol. The zero-order valence-corrected chi connectivity index (χ0v) is 36.9. The van der Waals surface area contributed by atoms with Gasteiger partial charge in [0, 0.05) is 38.4 Å². The second-order valence-corrected chi connectivity index (χ2v) is 17.2. The molecule has 0 spiro atoms. The van der Waals surface area contributed by atoms with Crippen molar-refractivity contribution < 1.29 is 0 Å². The Balaban J connectivity index is 1.13. The standard InChI is InChI=1S/C63H41N5/c1-5-18-42(19-6-1)46-26-15-29-50(38-46)61-64-62(51-30-16-27-47(39-51)43-20-7-2-8-21-43)66-63(65-61)68-57-33-14-13-32-53(57)54-35-36-55-56-41-49(45-24-11-4-12-25-45)34-37-58(56)67(59(55)60(54)68)52-31-17-28-48(40-52)44-22-9-3-10-23-44/h1-41H. The lowest BCUT2D eigenvalue weighted by atomic mass is 10.0. The lowest BCUT2D eigenvalue weighted by Gasteiger charge is -2.14. The van der Waals surface area contributed by atoms with E-state index in [1.54, 1.807) is 0 Å². The van der Waals surface area contributed by atoms with Crippen molar-refractivity contribution in [2.75, 3.05) is 0 Å². The average Bonchev–Trinajstić information content (AvgIpc) is 3.95. The molecular weight excluding hydrogens is 827 g/mol. The van der Waals surface area contributed by atoms with E-state index in [0.717, 1.165) is 93.8 Å². The molecule has 0 saturated carbocycles. The minimum atomic E-state index is 0.541. The van der Waals surface area contributed by atoms with Crippen LogP contribution in [0.15, 0.2) is 249 Å². The zero-order valence-electron chi connectivity index (χ0n) is 36.9. The van der Waals surface area contributed by atoms with Crippen molar-refractivity contribution in [3.8, 4) is 78.9 Å². The fourth-order valence-electron chi connectivity index (χ4n) is 9.95. The van der Waals surface area contributed by atoms with E-state index < -0.39 is 0 Å². The molecule has 0 radical (unpaired) electrons. The molecule has 10 aromatic carbocycles. The maximum Gasteiger partial charge on any atom is 0.238 e. The van der Waals surface area contributed by atoms with Crippen molar-refractivity contribution >= 4 is 43.6 Å². The fraction of sp³-hybridized carbons (Fsp3) is 0. The number of benzene rings is 10. The molecule has 3 heterocycles. The van der Waals surface area contributed by atoms with Gasteiger partial charge in [0.25, 0.3) is 0 Å². The minimum absolute atomic E-state index is 0.541. The van der Waals surface area contributed by atoms with Gasteiger partial charge in [-0.3, -0.25) is 4.57 Å². The molecule has 0 bridgehead atoms. The summed E-state index contributed by atoms with van der Waals surface area (Å²) in [6.45, 7) is 0. The topological polar surface area (TPSA) is 48.5 Å². The highest BCUT2D eigenvalue weighted by atomic mass is 15.2. The molecule has 5 heteroatoms. The molecule has 0 aliphatic rings. The SMILES string of the molecule is c1ccc(-c2cccc(-c3nc(-c4cccc(-c5ccccc5)c4)nc(-n4c5ccccc5c5ccc6c7cc(-c8ccccc8)ccc7n(-c7cccc(-c8ccccc8)c7)c6c54)n3)c2)cc1. The van der Waals surface area contributed by atoms with E-state index in [1.807, 2.05) is 12.1 Å². The summed E-state index contributed by atoms with van der Waals surface area (Å²) in [4.78, 5) is 16.3. The van der Waals surface area contributed by atoms with Crippen LogP contribution in [-0.2, 0) is 0 Å². The summed E-state index contributed by atoms with van der Waals surface area (Å²) < 4.78 is 4.72. The van der Waals surface area contributed by atoms with Crippen LogP contribution in [0, 0.1) is 0 Å². The van der Waals surface area contributed by atoms with E-state index in [0.29, 0.717) is 17.6 Å². The quantitative estimate of drug-likeness (QED) is 0.153. The summed E-state index contributed by atoms with van der Waals surface area (Å²) in [5.74, 6) is 1.72. The number of para-hydroxylation sites is 1. The third-order valence-corrected chi connectivity index (χ3v) is 13.2. The number of aromatic nitrogens is 5. The molecule has 3 aromatic heterocycles. The Bertz CT molecular complexity index is 3900. The third-order valence-electron chi connectivity index (χ3n) is 13.2. The van der Waals surface area contributed by atoms with Crippen molar-refractivity contribution in [1.29, 1.82) is 0 Å². The maximum atomic E-state index is 5.49. The van der Waals surface area contributed by atoms with Gasteiger partial charge in [0.1, 0.15) is 0 Å². The molecule has 318 valence electrons. The van der Waals surface area contributed by atoms with Crippen molar-refractivity contribution in [2.45, 2.75) is 0 Å². The molecule has 0 unspecified atom stereocenters. The normalized spacial score (nSPS) is 11.5. The van der Waals surface area contributed by atoms with Crippen molar-refractivity contribution in [3.05, 3.63) is 249 Å². The lowest BCUT2D eigenvalue weighted by molar-refractivity contribution is 0.953. The number of nitrogens with zero attached hydrogens (tertiary/aromatic N) is 5. The molecule has 0 aliphatic heterocycles. The summed E-state index contributed by atoms with van der Waals surface area (Å²) in [5, 5.41) is 4.53. The average molecular weight is 868 g/mol. The molecule has 0 fully saturated rings. The molecule has 68 heavy (non-hydrogen) atoms. The van der Waals surface area contributed by atoms with Gasteiger partial charge in [-0.1, -0.05) is 206 Å². The molecule has 0 N–H and O–H groups in total. The molecule has 13 aromatic rings. The van der Waals surface area contributed by atoms with E-state index >= 15 is 0 Å². The molecule has 0 aliphatic carbocycles. The van der Waals surface area contributed by atoms with Gasteiger partial charge in [0.2, 0.25) is 5.95 Å². The Hall–Kier alpha value is -9.19. The van der Waals surface area contributed by atoms with Crippen LogP contribution >= 0.6 is 0 Å². The first-order valence-electron chi connectivity index (χ1n) is 23.0. The predicted octanol–water partition coefficient (Wildman–Crippen LogP) is 16.1. The summed E-state index contributed by atoms with van der Waals surface area (Å²) in [7, 11) is 0. The smallest absolute Gasteiger partial charge is 0.238 e. The monoisotopic (exact) mass is 867 g/mol. The molecule has 13 rings (SSSR count). The highest BCUT2D eigenvalue weighted by Gasteiger charge is 2.24. The summed E-state index contributed by atoms with van der Waals surface area (Å²) >= 11 is 0. The van der Waals surface area contributed by atoms with Crippen molar-refractivity contribution in [2.24, 2.45) is 0 Å². The van der Waals surface area contributed by atoms with E-state index in [1.165, 1.54) is 11.1 Å². The van der Waals surface area contributed by atoms with Gasteiger partial charge in [-0.2, -0.15) is 9.97 Å². The first-order chi connectivity index (χ1) is 33.7. The van der Waals surface area contributed by atoms with Crippen LogP contribution in [0.5, 0.6) is 0 Å². The van der Waals surface area contributed by atoms with E-state index in [4.69, 9.17) is 15.0 Å². The second kappa shape index (κ2) is 16.4. The molecule has 0 amide bonds. The van der Waals surface area contributed by atoms with E-state index in [2.05, 4.69) is 246 Å². The van der Waals surface area contributed by atoms with Crippen molar-refractivity contribution in [1.82, 2.24) is 24.1 Å². The highest BCUT2D eigenvalue weighted by molar-refractivity contribution is 6.24. The van der Waals surface area contributed by atoms with Crippen LogP contribution in [0.4, 0.5) is 0 Å². The lowest BCUT2D eigenvalue weighted by Crippen LogP contribution is -2.07. The number of rotatable bonds is 8. The van der Waals surface area contributed by atoms with Crippen LogP contribution in [0.3, 0.4) is 0 Å². The van der Waals surface area contributed by atoms with Crippen LogP contribution < -0.4 is 0 Å². The Morgan fingerprint density at radius 1 is 0.235 bits per heavy atom. The first-order valence-corrected chi connectivity index (χ1v) is 23.0. The number of hydrogen-bond acceptors (Lipinski definition) is 3. The van der Waals surface area contributed by atoms with Gasteiger partial charge < -0.3 is 4.57 Å². The van der Waals surface area contributed by atoms with Crippen LogP contribution in [0.25, 0.3) is 123 Å². The van der Waals surface area contributed by atoms with Crippen molar-refractivity contribution in [3.63, 3.8) is 0 Å². The highest BCUT2D eigenvalue weighted by Crippen LogP contribution is 2.43. The molecule has 0 atom stereocenters. The number of fused-ring (bicyclic) bond motifs is 7. The summed E-state index contributed by atoms with van der Waals surface area (Å²) in [6.07, 6.45) is 0. The largest absolute Gasteiger partial charge is 0.307 e. The third kappa shape index (κ3) is 6.76. The van der Waals surface area contributed by atoms with Crippen LogP contribution in [0.1, 0.15) is 0 Å². The maximum absolute atomic E-state index is 5.49. The van der Waals surface area contributed by atoms with Gasteiger partial charge in [-0.25, -0.2) is 4.98 Å². The van der Waals surface area contributed by atoms with Gasteiger partial charge in [-0.15, -0.1) is 0 Å². The fourth-order valence-corrected chi connectivity index (χ4v) is 9.95. The summed E-state index contributed by atoms with van der Waals surface area (Å²) in [6, 6.07) is 88.2. The Kier molecular flexibility index (Phi) is 9.43. The molecular formula is C63H41N5. The van der Waals surface area contributed by atoms with Gasteiger partial charge >= 0.3 is 0 Å². The Morgan fingerprint density at radius 2 is 0.647 bits per heavy atom. The summed E-state index contributed by atoms with van der Waals surface area (Å²) in [5.41, 5.74) is 16.2. The molecule has 0 saturated heterocycles. The van der Waals surface area contributed by atoms with Gasteiger partial charge in [0.05, 0.1) is 22.1 Å². The molecule has 5 nitrogen and oxygen atoms in total. The second-order valence-electron chi connectivity index (χ2n) is 17.2. The minimum Gasteiger partial charge on any atom is -0.307 e.